The highest BCUT2D eigenvalue weighted by Crippen LogP contribution is 2.20. The van der Waals surface area contributed by atoms with Gasteiger partial charge < -0.3 is 10.5 Å². The van der Waals surface area contributed by atoms with Crippen LogP contribution in [0.1, 0.15) is 101 Å². The first-order chi connectivity index (χ1) is 12.7. The molecular formula is C23H39NO2. The van der Waals surface area contributed by atoms with Crippen molar-refractivity contribution in [2.75, 3.05) is 12.3 Å². The third kappa shape index (κ3) is 9.84. The van der Waals surface area contributed by atoms with Crippen LogP contribution in [0.15, 0.2) is 24.3 Å². The molecule has 26 heavy (non-hydrogen) atoms. The average molecular weight is 362 g/mol. The van der Waals surface area contributed by atoms with Gasteiger partial charge in [-0.3, -0.25) is 0 Å². The van der Waals surface area contributed by atoms with E-state index < -0.39 is 0 Å². The van der Waals surface area contributed by atoms with Crippen molar-refractivity contribution in [1.29, 1.82) is 0 Å². The highest BCUT2D eigenvalue weighted by atomic mass is 16.5. The summed E-state index contributed by atoms with van der Waals surface area (Å²) in [7, 11) is 0. The largest absolute Gasteiger partial charge is 0.462 e. The van der Waals surface area contributed by atoms with Gasteiger partial charge in [-0.15, -0.1) is 0 Å². The molecule has 0 radical (unpaired) electrons. The van der Waals surface area contributed by atoms with Gasteiger partial charge in [0.2, 0.25) is 0 Å². The molecule has 0 saturated carbocycles. The standard InChI is InChI=1S/C23H39NO2/c1-3-5-7-9-10-12-16-20(15-11-8-6-4-2)19-26-23(25)21-17-13-14-18-22(21)24/h13-14,17-18,20H,3-12,15-16,19,24H2,1-2H3. The summed E-state index contributed by atoms with van der Waals surface area (Å²) in [5, 5.41) is 0. The lowest BCUT2D eigenvalue weighted by atomic mass is 9.95. The van der Waals surface area contributed by atoms with Crippen molar-refractivity contribution < 1.29 is 9.53 Å². The van der Waals surface area contributed by atoms with Crippen LogP contribution in [0.25, 0.3) is 0 Å². The predicted octanol–water partition coefficient (Wildman–Crippen LogP) is 6.76. The molecule has 3 nitrogen and oxygen atoms in total. The molecule has 1 atom stereocenters. The molecule has 0 aromatic heterocycles. The molecule has 1 aromatic rings. The zero-order valence-corrected chi connectivity index (χ0v) is 17.0. The number of rotatable bonds is 15. The van der Waals surface area contributed by atoms with E-state index >= 15 is 0 Å². The van der Waals surface area contributed by atoms with Gasteiger partial charge in [0.1, 0.15) is 0 Å². The van der Waals surface area contributed by atoms with Crippen LogP contribution in [-0.4, -0.2) is 12.6 Å². The number of anilines is 1. The Kier molecular flexibility index (Phi) is 12.7. The highest BCUT2D eigenvalue weighted by molar-refractivity contribution is 5.94. The number of carbonyl (C=O) groups is 1. The number of esters is 1. The minimum Gasteiger partial charge on any atom is -0.462 e. The van der Waals surface area contributed by atoms with Gasteiger partial charge in [-0.2, -0.15) is 0 Å². The zero-order chi connectivity index (χ0) is 19.0. The second kappa shape index (κ2) is 14.6. The van der Waals surface area contributed by atoms with E-state index in [4.69, 9.17) is 10.5 Å². The third-order valence-electron chi connectivity index (χ3n) is 5.06. The first-order valence-electron chi connectivity index (χ1n) is 10.7. The number of nitrogens with two attached hydrogens (primary N) is 1. The van der Waals surface area contributed by atoms with Crippen LogP contribution in [0, 0.1) is 5.92 Å². The predicted molar refractivity (Wildman–Crippen MR) is 111 cm³/mol. The third-order valence-corrected chi connectivity index (χ3v) is 5.06. The van der Waals surface area contributed by atoms with Crippen molar-refractivity contribution in [3.63, 3.8) is 0 Å². The van der Waals surface area contributed by atoms with E-state index in [2.05, 4.69) is 13.8 Å². The molecule has 1 aromatic carbocycles. The Labute approximate surface area is 160 Å². The summed E-state index contributed by atoms with van der Waals surface area (Å²) in [5.74, 6) is 0.191. The van der Waals surface area contributed by atoms with Gasteiger partial charge >= 0.3 is 5.97 Å². The Bertz CT molecular complexity index is 487. The van der Waals surface area contributed by atoms with Crippen molar-refractivity contribution in [3.8, 4) is 0 Å². The lowest BCUT2D eigenvalue weighted by Crippen LogP contribution is -2.16. The molecule has 0 aliphatic heterocycles. The van der Waals surface area contributed by atoms with Crippen LogP contribution in [0.5, 0.6) is 0 Å². The molecule has 0 spiro atoms. The number of benzene rings is 1. The molecule has 1 unspecified atom stereocenters. The average Bonchev–Trinajstić information content (AvgIpc) is 2.65. The van der Waals surface area contributed by atoms with Gasteiger partial charge in [0.05, 0.1) is 12.2 Å². The van der Waals surface area contributed by atoms with Crippen LogP contribution < -0.4 is 5.73 Å². The molecule has 2 N–H and O–H groups in total. The van der Waals surface area contributed by atoms with Crippen molar-refractivity contribution in [2.24, 2.45) is 5.92 Å². The van der Waals surface area contributed by atoms with E-state index in [0.717, 1.165) is 12.8 Å². The Morgan fingerprint density at radius 3 is 2.04 bits per heavy atom. The van der Waals surface area contributed by atoms with Crippen LogP contribution in [0.4, 0.5) is 5.69 Å². The second-order valence-corrected chi connectivity index (χ2v) is 7.46. The normalized spacial score (nSPS) is 12.1. The number of nitrogen functional groups attached to an aromatic ring is 1. The minimum absolute atomic E-state index is 0.287. The maximum atomic E-state index is 12.3. The molecule has 1 rings (SSSR count). The maximum absolute atomic E-state index is 12.3. The van der Waals surface area contributed by atoms with Gasteiger partial charge in [0.25, 0.3) is 0 Å². The molecule has 0 amide bonds. The smallest absolute Gasteiger partial charge is 0.340 e. The Morgan fingerprint density at radius 1 is 0.885 bits per heavy atom. The molecule has 0 bridgehead atoms. The number of ether oxygens (including phenoxy) is 1. The van der Waals surface area contributed by atoms with Gasteiger partial charge in [-0.25, -0.2) is 4.79 Å². The van der Waals surface area contributed by atoms with E-state index in [-0.39, 0.29) is 5.97 Å². The van der Waals surface area contributed by atoms with Gasteiger partial charge in [0, 0.05) is 5.69 Å². The number of para-hydroxylation sites is 1. The molecule has 0 fully saturated rings. The molecule has 148 valence electrons. The number of carbonyl (C=O) groups excluding carboxylic acids is 1. The lowest BCUT2D eigenvalue weighted by Gasteiger charge is -2.17. The fourth-order valence-electron chi connectivity index (χ4n) is 3.34. The van der Waals surface area contributed by atoms with Crippen molar-refractivity contribution in [3.05, 3.63) is 29.8 Å². The Hall–Kier alpha value is -1.51. The van der Waals surface area contributed by atoms with E-state index in [1.165, 1.54) is 64.2 Å². The number of hydrogen-bond donors (Lipinski definition) is 1. The SMILES string of the molecule is CCCCCCCCC(CCCCCC)COC(=O)c1ccccc1N. The van der Waals surface area contributed by atoms with Crippen molar-refractivity contribution >= 4 is 11.7 Å². The van der Waals surface area contributed by atoms with Crippen LogP contribution in [-0.2, 0) is 4.74 Å². The van der Waals surface area contributed by atoms with Gasteiger partial charge in [0.15, 0.2) is 0 Å². The molecule has 3 heteroatoms. The first kappa shape index (κ1) is 22.5. The quantitative estimate of drug-likeness (QED) is 0.213. The van der Waals surface area contributed by atoms with E-state index in [1.807, 2.05) is 12.1 Å². The van der Waals surface area contributed by atoms with Crippen LogP contribution in [0.3, 0.4) is 0 Å². The molecule has 0 aliphatic carbocycles. The van der Waals surface area contributed by atoms with Crippen LogP contribution >= 0.6 is 0 Å². The zero-order valence-electron chi connectivity index (χ0n) is 17.0. The summed E-state index contributed by atoms with van der Waals surface area (Å²) in [5.41, 5.74) is 6.86. The van der Waals surface area contributed by atoms with Crippen molar-refractivity contribution in [1.82, 2.24) is 0 Å². The Balaban J connectivity index is 2.39. The maximum Gasteiger partial charge on any atom is 0.340 e. The monoisotopic (exact) mass is 361 g/mol. The topological polar surface area (TPSA) is 52.3 Å². The molecule has 0 aliphatic rings. The van der Waals surface area contributed by atoms with Gasteiger partial charge in [-0.1, -0.05) is 90.2 Å². The van der Waals surface area contributed by atoms with E-state index in [1.54, 1.807) is 12.1 Å². The number of unbranched alkanes of at least 4 members (excludes halogenated alkanes) is 8. The fourth-order valence-corrected chi connectivity index (χ4v) is 3.34. The molecule has 0 saturated heterocycles. The summed E-state index contributed by atoms with van der Waals surface area (Å²) in [6, 6.07) is 7.14. The summed E-state index contributed by atoms with van der Waals surface area (Å²) >= 11 is 0. The summed E-state index contributed by atoms with van der Waals surface area (Å²) in [6.45, 7) is 5.01. The molecular weight excluding hydrogens is 322 g/mol. The van der Waals surface area contributed by atoms with E-state index in [0.29, 0.717) is 23.8 Å². The second-order valence-electron chi connectivity index (χ2n) is 7.46. The Morgan fingerprint density at radius 2 is 1.42 bits per heavy atom. The minimum atomic E-state index is -0.287. The summed E-state index contributed by atoms with van der Waals surface area (Å²) in [6.07, 6.45) is 15.2. The van der Waals surface area contributed by atoms with Gasteiger partial charge in [-0.05, 0) is 30.9 Å². The van der Waals surface area contributed by atoms with Crippen molar-refractivity contribution in [2.45, 2.75) is 90.9 Å². The summed E-state index contributed by atoms with van der Waals surface area (Å²) in [4.78, 5) is 12.3. The number of hydrogen-bond acceptors (Lipinski definition) is 3. The van der Waals surface area contributed by atoms with Crippen LogP contribution in [0.2, 0.25) is 0 Å². The molecule has 0 heterocycles. The summed E-state index contributed by atoms with van der Waals surface area (Å²) < 4.78 is 5.60. The first-order valence-corrected chi connectivity index (χ1v) is 10.7. The highest BCUT2D eigenvalue weighted by Gasteiger charge is 2.15. The van der Waals surface area contributed by atoms with E-state index in [9.17, 15) is 4.79 Å². The fraction of sp³-hybridized carbons (Fsp3) is 0.696. The lowest BCUT2D eigenvalue weighted by molar-refractivity contribution is 0.0423.